The Morgan fingerprint density at radius 2 is 0.855 bits per heavy atom. The fourth-order valence-electron chi connectivity index (χ4n) is 8.79. The van der Waals surface area contributed by atoms with Crippen LogP contribution in [0.25, 0.3) is 93.6 Å². The predicted octanol–water partition coefficient (Wildman–Crippen LogP) is 12.4. The van der Waals surface area contributed by atoms with E-state index in [1.54, 1.807) is 0 Å². The molecule has 0 amide bonds. The maximum atomic E-state index is 10.1. The third kappa shape index (κ3) is 4.45. The molecule has 254 valence electrons. The number of nitrogens with zero attached hydrogens (tertiary/aromatic N) is 5. The number of benzene rings is 8. The van der Waals surface area contributed by atoms with Crippen LogP contribution in [0.5, 0.6) is 0 Å². The third-order valence-electron chi connectivity index (χ3n) is 11.1. The maximum Gasteiger partial charge on any atom is 0.0992 e. The van der Waals surface area contributed by atoms with E-state index >= 15 is 0 Å². The van der Waals surface area contributed by atoms with Crippen LogP contribution in [0.1, 0.15) is 11.1 Å². The molecule has 0 fully saturated rings. The van der Waals surface area contributed by atoms with Gasteiger partial charge in [-0.15, -0.1) is 0 Å². The Kier molecular flexibility index (Phi) is 6.61. The first-order valence-corrected chi connectivity index (χ1v) is 18.3. The zero-order valence-electron chi connectivity index (χ0n) is 29.5. The van der Waals surface area contributed by atoms with Crippen LogP contribution in [-0.2, 0) is 0 Å². The molecule has 0 spiro atoms. The summed E-state index contributed by atoms with van der Waals surface area (Å²) >= 11 is 0. The van der Waals surface area contributed by atoms with Crippen LogP contribution < -0.4 is 0 Å². The van der Waals surface area contributed by atoms with E-state index in [-0.39, 0.29) is 0 Å². The van der Waals surface area contributed by atoms with Gasteiger partial charge in [0, 0.05) is 43.6 Å². The Hall–Kier alpha value is -7.86. The topological polar surface area (TPSA) is 62.4 Å². The zero-order valence-corrected chi connectivity index (χ0v) is 29.5. The Balaban J connectivity index is 1.17. The number of hydrogen-bond donors (Lipinski definition) is 0. The van der Waals surface area contributed by atoms with Gasteiger partial charge >= 0.3 is 0 Å². The van der Waals surface area contributed by atoms with E-state index in [4.69, 9.17) is 0 Å². The van der Waals surface area contributed by atoms with Gasteiger partial charge in [-0.3, -0.25) is 0 Å². The summed E-state index contributed by atoms with van der Waals surface area (Å²) in [6.07, 6.45) is 0. The quantitative estimate of drug-likeness (QED) is 0.184. The lowest BCUT2D eigenvalue weighted by molar-refractivity contribution is 1.16. The molecule has 11 aromatic rings. The molecule has 0 saturated carbocycles. The molecule has 0 unspecified atom stereocenters. The molecule has 8 aromatic carbocycles. The molecule has 11 rings (SSSR count). The largest absolute Gasteiger partial charge is 0.309 e. The van der Waals surface area contributed by atoms with Crippen molar-refractivity contribution in [1.29, 1.82) is 10.5 Å². The fourth-order valence-corrected chi connectivity index (χ4v) is 8.79. The minimum Gasteiger partial charge on any atom is -0.309 e. The van der Waals surface area contributed by atoms with Gasteiger partial charge in [0.05, 0.1) is 67.7 Å². The fraction of sp³-hybridized carbons (Fsp3) is 0. The summed E-state index contributed by atoms with van der Waals surface area (Å²) in [4.78, 5) is 0. The van der Waals surface area contributed by atoms with Gasteiger partial charge in [-0.2, -0.15) is 10.5 Å². The molecule has 0 aliphatic heterocycles. The van der Waals surface area contributed by atoms with Crippen molar-refractivity contribution < 1.29 is 0 Å². The molecule has 0 radical (unpaired) electrons. The lowest BCUT2D eigenvalue weighted by Crippen LogP contribution is -2.00. The van der Waals surface area contributed by atoms with Crippen molar-refractivity contribution in [2.45, 2.75) is 0 Å². The van der Waals surface area contributed by atoms with Crippen molar-refractivity contribution in [2.24, 2.45) is 0 Å². The molecule has 3 aromatic heterocycles. The van der Waals surface area contributed by atoms with E-state index in [2.05, 4.69) is 153 Å². The number of fused-ring (bicyclic) bond motifs is 9. The molecular weight excluding hydrogens is 671 g/mol. The molecule has 55 heavy (non-hydrogen) atoms. The summed E-state index contributed by atoms with van der Waals surface area (Å²) in [5.74, 6) is 0. The highest BCUT2D eigenvalue weighted by molar-refractivity contribution is 6.16. The van der Waals surface area contributed by atoms with E-state index in [0.29, 0.717) is 11.1 Å². The normalized spacial score (nSPS) is 11.6. The number of hydrogen-bond acceptors (Lipinski definition) is 2. The molecule has 0 N–H and O–H groups in total. The smallest absolute Gasteiger partial charge is 0.0992 e. The highest BCUT2D eigenvalue weighted by atomic mass is 15.0. The average molecular weight is 700 g/mol. The van der Waals surface area contributed by atoms with Crippen LogP contribution in [0.15, 0.2) is 176 Å². The van der Waals surface area contributed by atoms with E-state index in [1.165, 1.54) is 32.6 Å². The molecule has 5 heteroatoms. The Labute approximate surface area is 316 Å². The van der Waals surface area contributed by atoms with Gasteiger partial charge in [-0.05, 0) is 84.4 Å². The van der Waals surface area contributed by atoms with Crippen LogP contribution in [0.3, 0.4) is 0 Å². The minimum absolute atomic E-state index is 0.579. The van der Waals surface area contributed by atoms with Crippen LogP contribution in [-0.4, -0.2) is 13.7 Å². The van der Waals surface area contributed by atoms with Crippen molar-refractivity contribution in [3.8, 4) is 40.3 Å². The van der Waals surface area contributed by atoms with Gasteiger partial charge in [0.1, 0.15) is 0 Å². The summed E-state index contributed by atoms with van der Waals surface area (Å²) < 4.78 is 7.00. The van der Waals surface area contributed by atoms with Crippen molar-refractivity contribution in [3.05, 3.63) is 187 Å². The van der Waals surface area contributed by atoms with Gasteiger partial charge in [0.15, 0.2) is 0 Å². The Morgan fingerprint density at radius 1 is 0.345 bits per heavy atom. The van der Waals surface area contributed by atoms with Crippen molar-refractivity contribution in [3.63, 3.8) is 0 Å². The van der Waals surface area contributed by atoms with Crippen LogP contribution >= 0.6 is 0 Å². The molecule has 0 atom stereocenters. The number of nitriles is 2. The van der Waals surface area contributed by atoms with E-state index < -0.39 is 0 Å². The Bertz CT molecular complexity index is 3420. The number of rotatable bonds is 4. The number of para-hydroxylation sites is 4. The second-order valence-corrected chi connectivity index (χ2v) is 14.0. The Morgan fingerprint density at radius 3 is 1.51 bits per heavy atom. The van der Waals surface area contributed by atoms with Gasteiger partial charge in [0.2, 0.25) is 0 Å². The molecule has 0 bridgehead atoms. The highest BCUT2D eigenvalue weighted by Crippen LogP contribution is 2.41. The monoisotopic (exact) mass is 699 g/mol. The summed E-state index contributed by atoms with van der Waals surface area (Å²) in [5, 5.41) is 27.0. The number of aromatic nitrogens is 3. The summed E-state index contributed by atoms with van der Waals surface area (Å²) in [7, 11) is 0. The second kappa shape index (κ2) is 11.8. The van der Waals surface area contributed by atoms with E-state index in [0.717, 1.165) is 61.0 Å². The van der Waals surface area contributed by atoms with Crippen LogP contribution in [0.2, 0.25) is 0 Å². The molecule has 0 aliphatic rings. The minimum atomic E-state index is 0.579. The first kappa shape index (κ1) is 30.7. The van der Waals surface area contributed by atoms with Crippen molar-refractivity contribution in [2.75, 3.05) is 0 Å². The van der Waals surface area contributed by atoms with Gasteiger partial charge in [0.25, 0.3) is 0 Å². The van der Waals surface area contributed by atoms with Crippen LogP contribution in [0.4, 0.5) is 0 Å². The summed E-state index contributed by atoms with van der Waals surface area (Å²) in [6, 6.07) is 66.0. The zero-order chi connectivity index (χ0) is 36.6. The first-order valence-electron chi connectivity index (χ1n) is 18.3. The van der Waals surface area contributed by atoms with Crippen molar-refractivity contribution in [1.82, 2.24) is 13.7 Å². The standard InChI is InChI=1S/C50H29N5/c51-30-32-24-26-46(55-44-19-7-3-15-38(44)39-25-23-33(31-52)28-49(39)55)41(27-32)34-11-9-12-35(29-34)53-45-20-8-4-16-40(45)50-47(53)21-10-22-48(50)54-42-17-5-1-13-36(42)37-14-2-6-18-43(37)54/h1-29H. The molecule has 3 heterocycles. The van der Waals surface area contributed by atoms with Gasteiger partial charge in [-0.1, -0.05) is 97.1 Å². The molecular formula is C50H29N5. The SMILES string of the molecule is N#Cc1ccc(-n2c3ccccc3c3ccc(C#N)cc32)c(-c2cccc(-n3c4ccccc4c4c(-n5c6ccccc6c6ccccc65)cccc43)c2)c1. The molecule has 0 saturated heterocycles. The van der Waals surface area contributed by atoms with Gasteiger partial charge < -0.3 is 13.7 Å². The lowest BCUT2D eigenvalue weighted by atomic mass is 10.00. The maximum absolute atomic E-state index is 10.1. The first-order chi connectivity index (χ1) is 27.2. The van der Waals surface area contributed by atoms with E-state index in [1.807, 2.05) is 48.5 Å². The molecule has 5 nitrogen and oxygen atoms in total. The molecule has 0 aliphatic carbocycles. The average Bonchev–Trinajstić information content (AvgIpc) is 3.89. The highest BCUT2D eigenvalue weighted by Gasteiger charge is 2.21. The van der Waals surface area contributed by atoms with E-state index in [9.17, 15) is 10.5 Å². The van der Waals surface area contributed by atoms with Gasteiger partial charge in [-0.25, -0.2) is 0 Å². The summed E-state index contributed by atoms with van der Waals surface area (Å²) in [6.45, 7) is 0. The predicted molar refractivity (Wildman–Crippen MR) is 224 cm³/mol. The van der Waals surface area contributed by atoms with Crippen LogP contribution in [0, 0.1) is 22.7 Å². The third-order valence-corrected chi connectivity index (χ3v) is 11.1. The second-order valence-electron chi connectivity index (χ2n) is 14.0. The summed E-state index contributed by atoms with van der Waals surface area (Å²) in [5.41, 5.74) is 12.7. The van der Waals surface area contributed by atoms with Crippen molar-refractivity contribution >= 4 is 65.4 Å². The lowest BCUT2D eigenvalue weighted by Gasteiger charge is -2.16.